The Balaban J connectivity index is 2.23. The van der Waals surface area contributed by atoms with Gasteiger partial charge in [-0.2, -0.15) is 5.26 Å². The molecule has 0 amide bonds. The van der Waals surface area contributed by atoms with Crippen molar-refractivity contribution in [3.05, 3.63) is 36.4 Å². The maximum atomic E-state index is 8.47. The molecule has 0 spiro atoms. The van der Waals surface area contributed by atoms with Gasteiger partial charge < -0.3 is 10.1 Å². The van der Waals surface area contributed by atoms with Crippen LogP contribution in [0.3, 0.4) is 0 Å². The Bertz CT molecular complexity index is 558. The highest BCUT2D eigenvalue weighted by atomic mass is 16.5. The van der Waals surface area contributed by atoms with Gasteiger partial charge in [0.25, 0.3) is 0 Å². The van der Waals surface area contributed by atoms with Crippen LogP contribution in [0.15, 0.2) is 36.4 Å². The summed E-state index contributed by atoms with van der Waals surface area (Å²) in [6, 6.07) is 14.2. The minimum absolute atomic E-state index is 0.515. The summed E-state index contributed by atoms with van der Waals surface area (Å²) in [5.74, 6) is 0.864. The Kier molecular flexibility index (Phi) is 3.46. The summed E-state index contributed by atoms with van der Waals surface area (Å²) in [6.07, 6.45) is 0.515. The van der Waals surface area contributed by atoms with Gasteiger partial charge in [0.2, 0.25) is 0 Å². The van der Waals surface area contributed by atoms with Crippen molar-refractivity contribution < 1.29 is 4.74 Å². The van der Waals surface area contributed by atoms with Gasteiger partial charge in [-0.15, -0.1) is 0 Å². The molecular weight excluding hydrogens is 212 g/mol. The largest absolute Gasteiger partial charge is 0.497 e. The zero-order chi connectivity index (χ0) is 12.1. The molecule has 0 aromatic heterocycles. The van der Waals surface area contributed by atoms with Gasteiger partial charge in [0.05, 0.1) is 19.6 Å². The summed E-state index contributed by atoms with van der Waals surface area (Å²) >= 11 is 0. The van der Waals surface area contributed by atoms with Crippen molar-refractivity contribution in [2.24, 2.45) is 0 Å². The van der Waals surface area contributed by atoms with Crippen molar-refractivity contribution >= 4 is 16.5 Å². The second-order valence-corrected chi connectivity index (χ2v) is 3.76. The van der Waals surface area contributed by atoms with Crippen LogP contribution in [0.25, 0.3) is 10.8 Å². The first-order valence-corrected chi connectivity index (χ1v) is 5.52. The first-order chi connectivity index (χ1) is 8.33. The average Bonchev–Trinajstić information content (AvgIpc) is 2.38. The number of rotatable bonds is 4. The van der Waals surface area contributed by atoms with E-state index in [4.69, 9.17) is 10.00 Å². The molecule has 1 N–H and O–H groups in total. The van der Waals surface area contributed by atoms with Gasteiger partial charge in [-0.1, -0.05) is 12.1 Å². The zero-order valence-electron chi connectivity index (χ0n) is 9.73. The van der Waals surface area contributed by atoms with E-state index in [1.54, 1.807) is 7.11 Å². The predicted octanol–water partition coefficient (Wildman–Crippen LogP) is 3.17. The summed E-state index contributed by atoms with van der Waals surface area (Å²) < 4.78 is 5.18. The van der Waals surface area contributed by atoms with Crippen molar-refractivity contribution in [3.8, 4) is 11.8 Å². The second-order valence-electron chi connectivity index (χ2n) is 3.76. The minimum Gasteiger partial charge on any atom is -0.497 e. The molecule has 0 saturated heterocycles. The fourth-order valence-corrected chi connectivity index (χ4v) is 1.72. The van der Waals surface area contributed by atoms with Crippen molar-refractivity contribution in [2.75, 3.05) is 19.0 Å². The van der Waals surface area contributed by atoms with Gasteiger partial charge >= 0.3 is 0 Å². The third-order valence-corrected chi connectivity index (χ3v) is 2.61. The Morgan fingerprint density at radius 2 is 1.94 bits per heavy atom. The normalized spacial score (nSPS) is 9.88. The highest BCUT2D eigenvalue weighted by molar-refractivity contribution is 5.86. The molecule has 0 aliphatic carbocycles. The van der Waals surface area contributed by atoms with Crippen LogP contribution < -0.4 is 10.1 Å². The molecule has 2 rings (SSSR count). The van der Waals surface area contributed by atoms with E-state index in [9.17, 15) is 0 Å². The lowest BCUT2D eigenvalue weighted by atomic mass is 10.1. The second kappa shape index (κ2) is 5.22. The number of hydrogen-bond acceptors (Lipinski definition) is 3. The van der Waals surface area contributed by atoms with Gasteiger partial charge in [-0.3, -0.25) is 0 Å². The van der Waals surface area contributed by atoms with Crippen LogP contribution in [-0.2, 0) is 0 Å². The number of fused-ring (bicyclic) bond motifs is 1. The summed E-state index contributed by atoms with van der Waals surface area (Å²) in [5, 5.41) is 14.0. The molecule has 0 bridgehead atoms. The first-order valence-electron chi connectivity index (χ1n) is 5.52. The topological polar surface area (TPSA) is 45.0 Å². The number of nitrogens with one attached hydrogen (secondary N) is 1. The maximum Gasteiger partial charge on any atom is 0.119 e. The lowest BCUT2D eigenvalue weighted by Crippen LogP contribution is -1.99. The number of ether oxygens (including phenoxy) is 1. The van der Waals surface area contributed by atoms with Gasteiger partial charge in [0.1, 0.15) is 5.75 Å². The molecule has 3 heteroatoms. The number of benzene rings is 2. The van der Waals surface area contributed by atoms with E-state index in [1.807, 2.05) is 30.3 Å². The smallest absolute Gasteiger partial charge is 0.119 e. The first kappa shape index (κ1) is 11.3. The van der Waals surface area contributed by atoms with E-state index in [0.29, 0.717) is 13.0 Å². The lowest BCUT2D eigenvalue weighted by Gasteiger charge is -2.07. The monoisotopic (exact) mass is 226 g/mol. The molecule has 0 aliphatic rings. The molecular formula is C14H14N2O. The van der Waals surface area contributed by atoms with Crippen LogP contribution in [0, 0.1) is 11.3 Å². The highest BCUT2D eigenvalue weighted by Crippen LogP contribution is 2.23. The summed E-state index contributed by atoms with van der Waals surface area (Å²) in [4.78, 5) is 0. The quantitative estimate of drug-likeness (QED) is 0.814. The number of nitriles is 1. The van der Waals surface area contributed by atoms with E-state index in [-0.39, 0.29) is 0 Å². The molecule has 2 aromatic carbocycles. The van der Waals surface area contributed by atoms with Crippen molar-refractivity contribution in [1.29, 1.82) is 5.26 Å². The highest BCUT2D eigenvalue weighted by Gasteiger charge is 1.98. The Hall–Kier alpha value is -2.21. The van der Waals surface area contributed by atoms with Gasteiger partial charge in [0.15, 0.2) is 0 Å². The van der Waals surface area contributed by atoms with Crippen molar-refractivity contribution in [3.63, 3.8) is 0 Å². The Labute approximate surface area is 101 Å². The molecule has 2 aromatic rings. The summed E-state index contributed by atoms with van der Waals surface area (Å²) in [7, 11) is 1.67. The Morgan fingerprint density at radius 3 is 2.71 bits per heavy atom. The predicted molar refractivity (Wildman–Crippen MR) is 69.2 cm³/mol. The molecule has 86 valence electrons. The summed E-state index contributed by atoms with van der Waals surface area (Å²) in [6.45, 7) is 0.679. The third kappa shape index (κ3) is 2.67. The number of anilines is 1. The fraction of sp³-hybridized carbons (Fsp3) is 0.214. The molecule has 0 unspecified atom stereocenters. The lowest BCUT2D eigenvalue weighted by molar-refractivity contribution is 0.415. The molecule has 0 radical (unpaired) electrons. The molecule has 17 heavy (non-hydrogen) atoms. The average molecular weight is 226 g/mol. The zero-order valence-corrected chi connectivity index (χ0v) is 9.73. The van der Waals surface area contributed by atoms with Crippen LogP contribution in [0.1, 0.15) is 6.42 Å². The summed E-state index contributed by atoms with van der Waals surface area (Å²) in [5.41, 5.74) is 1.04. The molecule has 0 saturated carbocycles. The molecule has 0 atom stereocenters. The van der Waals surface area contributed by atoms with E-state index < -0.39 is 0 Å². The van der Waals surface area contributed by atoms with Crippen molar-refractivity contribution in [1.82, 2.24) is 0 Å². The number of methoxy groups -OCH3 is 1. The van der Waals surface area contributed by atoms with E-state index in [2.05, 4.69) is 17.5 Å². The Morgan fingerprint density at radius 1 is 1.18 bits per heavy atom. The standard InChI is InChI=1S/C14H14N2O/c1-17-14-6-4-11-9-13(16-8-2-7-15)5-3-12(11)10-14/h3-6,9-10,16H,2,8H2,1H3. The maximum absolute atomic E-state index is 8.47. The van der Waals surface area contributed by atoms with E-state index in [1.165, 1.54) is 0 Å². The van der Waals surface area contributed by atoms with E-state index in [0.717, 1.165) is 22.2 Å². The van der Waals surface area contributed by atoms with Gasteiger partial charge in [-0.05, 0) is 35.0 Å². The third-order valence-electron chi connectivity index (χ3n) is 2.61. The minimum atomic E-state index is 0.515. The molecule has 0 fully saturated rings. The van der Waals surface area contributed by atoms with Crippen LogP contribution >= 0.6 is 0 Å². The number of nitrogens with zero attached hydrogens (tertiary/aromatic N) is 1. The van der Waals surface area contributed by atoms with Gasteiger partial charge in [-0.25, -0.2) is 0 Å². The fourth-order valence-electron chi connectivity index (χ4n) is 1.72. The molecule has 3 nitrogen and oxygen atoms in total. The van der Waals surface area contributed by atoms with Crippen LogP contribution in [0.2, 0.25) is 0 Å². The SMILES string of the molecule is COc1ccc2cc(NCCC#N)ccc2c1. The van der Waals surface area contributed by atoms with Crippen molar-refractivity contribution in [2.45, 2.75) is 6.42 Å². The van der Waals surface area contributed by atoms with Crippen LogP contribution in [-0.4, -0.2) is 13.7 Å². The van der Waals surface area contributed by atoms with Crippen LogP contribution in [0.4, 0.5) is 5.69 Å². The van der Waals surface area contributed by atoms with Crippen LogP contribution in [0.5, 0.6) is 5.75 Å². The van der Waals surface area contributed by atoms with Gasteiger partial charge in [0, 0.05) is 12.2 Å². The molecule has 0 aliphatic heterocycles. The number of hydrogen-bond donors (Lipinski definition) is 1. The van der Waals surface area contributed by atoms with E-state index >= 15 is 0 Å². The molecule has 0 heterocycles.